The molecular weight excluding hydrogens is 436 g/mol. The highest BCUT2D eigenvalue weighted by Crippen LogP contribution is 2.24. The lowest BCUT2D eigenvalue weighted by atomic mass is 10.1. The number of nitrogens with zero attached hydrogens (tertiary/aromatic N) is 1. The average Bonchev–Trinajstić information content (AvgIpc) is 2.82. The van der Waals surface area contributed by atoms with Crippen LogP contribution in [0.3, 0.4) is 0 Å². The first-order valence-electron chi connectivity index (χ1n) is 10.8. The molecule has 1 amide bonds. The van der Waals surface area contributed by atoms with E-state index in [1.807, 2.05) is 68.4 Å². The molecule has 0 fully saturated rings. The first kappa shape index (κ1) is 24.5. The standard InChI is InChI=1S/C26H30N2O4S/c1-20-13-15-23(16-14-20)33(30,31)28(18-17-22-9-5-4-6-10-22)19-26(29)27-21(2)24-11-7-8-12-25(24)32-3/h4-16,21H,17-19H2,1-3H3,(H,27,29). The second kappa shape index (κ2) is 11.1. The predicted octanol–water partition coefficient (Wildman–Crippen LogP) is 4.11. The molecule has 0 saturated carbocycles. The lowest BCUT2D eigenvalue weighted by molar-refractivity contribution is -0.121. The number of hydrogen-bond donors (Lipinski definition) is 1. The van der Waals surface area contributed by atoms with Gasteiger partial charge < -0.3 is 10.1 Å². The molecule has 3 aromatic carbocycles. The first-order valence-corrected chi connectivity index (χ1v) is 12.3. The summed E-state index contributed by atoms with van der Waals surface area (Å²) in [6, 6.07) is 23.4. The number of ether oxygens (including phenoxy) is 1. The molecule has 1 atom stereocenters. The van der Waals surface area contributed by atoms with Crippen LogP contribution in [0.5, 0.6) is 5.75 Å². The maximum Gasteiger partial charge on any atom is 0.243 e. The summed E-state index contributed by atoms with van der Waals surface area (Å²) in [6.07, 6.45) is 0.501. The third-order valence-corrected chi connectivity index (χ3v) is 7.31. The Labute approximate surface area is 196 Å². The lowest BCUT2D eigenvalue weighted by Crippen LogP contribution is -2.42. The zero-order valence-corrected chi connectivity index (χ0v) is 20.0. The molecule has 6 nitrogen and oxygen atoms in total. The second-order valence-corrected chi connectivity index (χ2v) is 9.86. The minimum Gasteiger partial charge on any atom is -0.496 e. The molecule has 0 saturated heterocycles. The maximum absolute atomic E-state index is 13.4. The number of aryl methyl sites for hydroxylation is 1. The van der Waals surface area contributed by atoms with Gasteiger partial charge in [0.25, 0.3) is 0 Å². The van der Waals surface area contributed by atoms with Gasteiger partial charge in [0.05, 0.1) is 24.6 Å². The van der Waals surface area contributed by atoms with E-state index in [1.54, 1.807) is 31.4 Å². The largest absolute Gasteiger partial charge is 0.496 e. The molecule has 3 rings (SSSR count). The van der Waals surface area contributed by atoms with Crippen LogP contribution in [0.1, 0.15) is 29.7 Å². The van der Waals surface area contributed by atoms with Crippen LogP contribution in [-0.4, -0.2) is 38.8 Å². The van der Waals surface area contributed by atoms with E-state index >= 15 is 0 Å². The fourth-order valence-electron chi connectivity index (χ4n) is 3.59. The Morgan fingerprint density at radius 2 is 1.61 bits per heavy atom. The van der Waals surface area contributed by atoms with Gasteiger partial charge in [-0.15, -0.1) is 0 Å². The topological polar surface area (TPSA) is 75.7 Å². The number of carbonyl (C=O) groups is 1. The van der Waals surface area contributed by atoms with E-state index in [9.17, 15) is 13.2 Å². The normalized spacial score (nSPS) is 12.4. The highest BCUT2D eigenvalue weighted by atomic mass is 32.2. The van der Waals surface area contributed by atoms with Crippen molar-refractivity contribution in [1.82, 2.24) is 9.62 Å². The van der Waals surface area contributed by atoms with Crippen molar-refractivity contribution in [2.24, 2.45) is 0 Å². The molecule has 3 aromatic rings. The fraction of sp³-hybridized carbons (Fsp3) is 0.269. The van der Waals surface area contributed by atoms with Crippen LogP contribution < -0.4 is 10.1 Å². The van der Waals surface area contributed by atoms with Gasteiger partial charge in [0.15, 0.2) is 0 Å². The fourth-order valence-corrected chi connectivity index (χ4v) is 4.99. The molecule has 0 aliphatic heterocycles. The molecule has 0 heterocycles. The van der Waals surface area contributed by atoms with E-state index in [1.165, 1.54) is 4.31 Å². The minimum atomic E-state index is -3.85. The molecule has 0 aromatic heterocycles. The zero-order valence-electron chi connectivity index (χ0n) is 19.2. The van der Waals surface area contributed by atoms with Gasteiger partial charge in [-0.1, -0.05) is 66.2 Å². The molecule has 7 heteroatoms. The van der Waals surface area contributed by atoms with Crippen molar-refractivity contribution in [3.8, 4) is 5.75 Å². The van der Waals surface area contributed by atoms with Crippen molar-refractivity contribution in [3.63, 3.8) is 0 Å². The molecule has 1 N–H and O–H groups in total. The van der Waals surface area contributed by atoms with Gasteiger partial charge in [-0.25, -0.2) is 8.42 Å². The van der Waals surface area contributed by atoms with E-state index < -0.39 is 10.0 Å². The summed E-state index contributed by atoms with van der Waals surface area (Å²) < 4.78 is 33.4. The maximum atomic E-state index is 13.4. The number of amides is 1. The van der Waals surface area contributed by atoms with Crippen LogP contribution >= 0.6 is 0 Å². The van der Waals surface area contributed by atoms with Gasteiger partial charge in [0, 0.05) is 12.1 Å². The summed E-state index contributed by atoms with van der Waals surface area (Å²) in [5.74, 6) is 0.288. The van der Waals surface area contributed by atoms with Crippen molar-refractivity contribution in [1.29, 1.82) is 0 Å². The smallest absolute Gasteiger partial charge is 0.243 e. The van der Waals surface area contributed by atoms with Crippen LogP contribution in [0.2, 0.25) is 0 Å². The van der Waals surface area contributed by atoms with Crippen LogP contribution in [0.4, 0.5) is 0 Å². The van der Waals surface area contributed by atoms with E-state index in [0.717, 1.165) is 16.7 Å². The Hall–Kier alpha value is -3.16. The van der Waals surface area contributed by atoms with E-state index in [0.29, 0.717) is 12.2 Å². The Balaban J connectivity index is 1.79. The number of hydrogen-bond acceptors (Lipinski definition) is 4. The SMILES string of the molecule is COc1ccccc1C(C)NC(=O)CN(CCc1ccccc1)S(=O)(=O)c1ccc(C)cc1. The number of benzene rings is 3. The van der Waals surface area contributed by atoms with Gasteiger partial charge in [-0.05, 0) is 44.0 Å². The average molecular weight is 467 g/mol. The third-order valence-electron chi connectivity index (χ3n) is 5.45. The first-order chi connectivity index (χ1) is 15.8. The van der Waals surface area contributed by atoms with Crippen LogP contribution in [-0.2, 0) is 21.2 Å². The number of para-hydroxylation sites is 1. The highest BCUT2D eigenvalue weighted by Gasteiger charge is 2.27. The number of nitrogens with one attached hydrogen (secondary N) is 1. The van der Waals surface area contributed by atoms with Crippen LogP contribution in [0.15, 0.2) is 83.8 Å². The van der Waals surface area contributed by atoms with Gasteiger partial charge in [-0.3, -0.25) is 4.79 Å². The summed E-state index contributed by atoms with van der Waals surface area (Å²) >= 11 is 0. The molecule has 0 bridgehead atoms. The molecule has 0 radical (unpaired) electrons. The summed E-state index contributed by atoms with van der Waals surface area (Å²) in [5.41, 5.74) is 2.79. The number of sulfonamides is 1. The Morgan fingerprint density at radius 1 is 0.970 bits per heavy atom. The van der Waals surface area contributed by atoms with Crippen molar-refractivity contribution in [2.75, 3.05) is 20.2 Å². The molecule has 1 unspecified atom stereocenters. The molecule has 0 aliphatic rings. The number of carbonyl (C=O) groups excluding carboxylic acids is 1. The Kier molecular flexibility index (Phi) is 8.25. The van der Waals surface area contributed by atoms with Crippen molar-refractivity contribution < 1.29 is 17.9 Å². The second-order valence-electron chi connectivity index (χ2n) is 7.92. The zero-order chi connectivity index (χ0) is 23.8. The molecule has 0 spiro atoms. The van der Waals surface area contributed by atoms with Gasteiger partial charge in [0.1, 0.15) is 5.75 Å². The Bertz CT molecular complexity index is 1160. The monoisotopic (exact) mass is 466 g/mol. The molecular formula is C26H30N2O4S. The summed E-state index contributed by atoms with van der Waals surface area (Å²) in [6.45, 7) is 3.66. The van der Waals surface area contributed by atoms with Crippen LogP contribution in [0, 0.1) is 6.92 Å². The third kappa shape index (κ3) is 6.43. The van der Waals surface area contributed by atoms with E-state index in [4.69, 9.17) is 4.74 Å². The van der Waals surface area contributed by atoms with E-state index in [2.05, 4.69) is 5.32 Å². The van der Waals surface area contributed by atoms with Gasteiger partial charge >= 0.3 is 0 Å². The minimum absolute atomic E-state index is 0.173. The van der Waals surface area contributed by atoms with Crippen molar-refractivity contribution in [3.05, 3.63) is 95.6 Å². The summed E-state index contributed by atoms with van der Waals surface area (Å²) in [4.78, 5) is 13.1. The van der Waals surface area contributed by atoms with Crippen molar-refractivity contribution in [2.45, 2.75) is 31.2 Å². The molecule has 33 heavy (non-hydrogen) atoms. The lowest BCUT2D eigenvalue weighted by Gasteiger charge is -2.24. The summed E-state index contributed by atoms with van der Waals surface area (Å²) in [7, 11) is -2.27. The van der Waals surface area contributed by atoms with E-state index in [-0.39, 0.29) is 29.9 Å². The Morgan fingerprint density at radius 3 is 2.27 bits per heavy atom. The quantitative estimate of drug-likeness (QED) is 0.488. The number of methoxy groups -OCH3 is 1. The highest BCUT2D eigenvalue weighted by molar-refractivity contribution is 7.89. The summed E-state index contributed by atoms with van der Waals surface area (Å²) in [5, 5.41) is 2.91. The number of rotatable bonds is 10. The van der Waals surface area contributed by atoms with Gasteiger partial charge in [-0.2, -0.15) is 4.31 Å². The predicted molar refractivity (Wildman–Crippen MR) is 130 cm³/mol. The van der Waals surface area contributed by atoms with Crippen LogP contribution in [0.25, 0.3) is 0 Å². The molecule has 0 aliphatic carbocycles. The van der Waals surface area contributed by atoms with Crippen molar-refractivity contribution >= 4 is 15.9 Å². The van der Waals surface area contributed by atoms with Gasteiger partial charge in [0.2, 0.25) is 15.9 Å². The molecule has 174 valence electrons.